The van der Waals surface area contributed by atoms with Gasteiger partial charge in [-0.3, -0.25) is 14.4 Å². The van der Waals surface area contributed by atoms with Crippen molar-refractivity contribution in [2.45, 2.75) is 57.4 Å². The van der Waals surface area contributed by atoms with E-state index in [2.05, 4.69) is 5.32 Å². The fraction of sp³-hybridized carbons (Fsp3) is 0.550. The van der Waals surface area contributed by atoms with Crippen molar-refractivity contribution >= 4 is 23.5 Å². The van der Waals surface area contributed by atoms with Gasteiger partial charge in [-0.25, -0.2) is 0 Å². The van der Waals surface area contributed by atoms with Gasteiger partial charge in [-0.15, -0.1) is 0 Å². The molecule has 2 amide bonds. The van der Waals surface area contributed by atoms with E-state index in [-0.39, 0.29) is 17.9 Å². The van der Waals surface area contributed by atoms with Crippen molar-refractivity contribution in [1.82, 2.24) is 5.32 Å². The molecule has 26 heavy (non-hydrogen) atoms. The first-order chi connectivity index (χ1) is 12.6. The summed E-state index contributed by atoms with van der Waals surface area (Å²) in [5.74, 6) is -1.50. The molecule has 3 rings (SSSR count). The number of amides is 2. The third kappa shape index (κ3) is 4.23. The number of hydrogen-bond donors (Lipinski definition) is 2. The van der Waals surface area contributed by atoms with Gasteiger partial charge >= 0.3 is 5.97 Å². The van der Waals surface area contributed by atoms with E-state index < -0.39 is 11.9 Å². The van der Waals surface area contributed by atoms with Crippen LogP contribution >= 0.6 is 0 Å². The molecule has 1 aromatic rings. The summed E-state index contributed by atoms with van der Waals surface area (Å²) in [6.07, 6.45) is 6.70. The van der Waals surface area contributed by atoms with Gasteiger partial charge in [0.1, 0.15) is 0 Å². The maximum Gasteiger partial charge on any atom is 0.308 e. The molecule has 1 aliphatic carbocycles. The highest BCUT2D eigenvalue weighted by Crippen LogP contribution is 2.24. The van der Waals surface area contributed by atoms with E-state index in [0.29, 0.717) is 31.4 Å². The van der Waals surface area contributed by atoms with Crippen LogP contribution in [0, 0.1) is 5.92 Å². The number of nitrogens with one attached hydrogen (secondary N) is 1. The van der Waals surface area contributed by atoms with E-state index in [9.17, 15) is 19.5 Å². The first-order valence-electron chi connectivity index (χ1n) is 9.50. The number of rotatable bonds is 4. The van der Waals surface area contributed by atoms with E-state index in [1.165, 1.54) is 0 Å². The Morgan fingerprint density at radius 3 is 2.31 bits per heavy atom. The first kappa shape index (κ1) is 18.4. The number of anilines is 1. The molecule has 1 heterocycles. The molecule has 140 valence electrons. The number of nitrogens with zero attached hydrogens (tertiary/aromatic N) is 1. The van der Waals surface area contributed by atoms with Crippen molar-refractivity contribution in [2.75, 3.05) is 11.4 Å². The summed E-state index contributed by atoms with van der Waals surface area (Å²) < 4.78 is 0. The summed E-state index contributed by atoms with van der Waals surface area (Å²) in [7, 11) is 0. The Balaban J connectivity index is 1.67. The molecule has 2 atom stereocenters. The highest BCUT2D eigenvalue weighted by molar-refractivity contribution is 5.97. The largest absolute Gasteiger partial charge is 0.481 e. The topological polar surface area (TPSA) is 86.7 Å². The van der Waals surface area contributed by atoms with Gasteiger partial charge in [0.15, 0.2) is 0 Å². The molecule has 6 nitrogen and oxygen atoms in total. The van der Waals surface area contributed by atoms with E-state index >= 15 is 0 Å². The lowest BCUT2D eigenvalue weighted by atomic mass is 9.86. The van der Waals surface area contributed by atoms with Crippen LogP contribution in [0.2, 0.25) is 0 Å². The summed E-state index contributed by atoms with van der Waals surface area (Å²) in [5.41, 5.74) is 1.30. The Bertz CT molecular complexity index is 671. The van der Waals surface area contributed by atoms with Crippen molar-refractivity contribution in [3.8, 4) is 0 Å². The minimum Gasteiger partial charge on any atom is -0.481 e. The fourth-order valence-electron chi connectivity index (χ4n) is 3.92. The van der Waals surface area contributed by atoms with Crippen LogP contribution in [0.25, 0.3) is 0 Å². The molecule has 6 heteroatoms. The minimum atomic E-state index is -0.833. The number of benzene rings is 1. The second-order valence-electron chi connectivity index (χ2n) is 7.21. The van der Waals surface area contributed by atoms with E-state index in [1.54, 1.807) is 29.2 Å². The van der Waals surface area contributed by atoms with Crippen LogP contribution in [0.3, 0.4) is 0 Å². The van der Waals surface area contributed by atoms with Crippen LogP contribution in [0.4, 0.5) is 5.69 Å². The summed E-state index contributed by atoms with van der Waals surface area (Å²) in [6.45, 7) is 0.715. The van der Waals surface area contributed by atoms with Crippen LogP contribution in [0.5, 0.6) is 0 Å². The van der Waals surface area contributed by atoms with Gasteiger partial charge in [0.2, 0.25) is 5.91 Å². The Morgan fingerprint density at radius 2 is 1.69 bits per heavy atom. The summed E-state index contributed by atoms with van der Waals surface area (Å²) in [5, 5.41) is 12.4. The van der Waals surface area contributed by atoms with Crippen molar-refractivity contribution in [1.29, 1.82) is 0 Å². The Morgan fingerprint density at radius 1 is 1.00 bits per heavy atom. The second-order valence-corrected chi connectivity index (χ2v) is 7.21. The standard InChI is InChI=1S/C20H26N2O4/c23-18-8-5-13-22(18)15-11-9-14(10-12-15)19(24)21-17-7-4-2-1-3-6-16(17)20(25)26/h9-12,16-17H,1-8,13H2,(H,21,24)(H,25,26). The van der Waals surface area contributed by atoms with Gasteiger partial charge in [-0.1, -0.05) is 25.7 Å². The van der Waals surface area contributed by atoms with Gasteiger partial charge in [0, 0.05) is 30.3 Å². The van der Waals surface area contributed by atoms with Crippen molar-refractivity contribution in [3.05, 3.63) is 29.8 Å². The quantitative estimate of drug-likeness (QED) is 0.866. The van der Waals surface area contributed by atoms with Crippen LogP contribution < -0.4 is 10.2 Å². The van der Waals surface area contributed by atoms with Crippen LogP contribution in [-0.2, 0) is 9.59 Å². The molecule has 1 saturated heterocycles. The number of carbonyl (C=O) groups excluding carboxylic acids is 2. The Kier molecular flexibility index (Phi) is 5.91. The summed E-state index contributed by atoms with van der Waals surface area (Å²) in [6, 6.07) is 6.64. The monoisotopic (exact) mass is 358 g/mol. The molecule has 2 N–H and O–H groups in total. The Labute approximate surface area is 153 Å². The van der Waals surface area contributed by atoms with E-state index in [1.807, 2.05) is 0 Å². The van der Waals surface area contributed by atoms with Gasteiger partial charge in [-0.2, -0.15) is 0 Å². The molecular formula is C20H26N2O4. The summed E-state index contributed by atoms with van der Waals surface area (Å²) >= 11 is 0. The van der Waals surface area contributed by atoms with E-state index in [0.717, 1.165) is 37.8 Å². The first-order valence-corrected chi connectivity index (χ1v) is 9.50. The molecule has 2 fully saturated rings. The maximum atomic E-state index is 12.6. The molecular weight excluding hydrogens is 332 g/mol. The van der Waals surface area contributed by atoms with Crippen molar-refractivity contribution in [2.24, 2.45) is 5.92 Å². The number of carboxylic acid groups (broad SMARTS) is 1. The summed E-state index contributed by atoms with van der Waals surface area (Å²) in [4.78, 5) is 37.7. The van der Waals surface area contributed by atoms with Crippen LogP contribution in [-0.4, -0.2) is 35.5 Å². The lowest BCUT2D eigenvalue weighted by molar-refractivity contribution is -0.143. The maximum absolute atomic E-state index is 12.6. The van der Waals surface area contributed by atoms with Crippen molar-refractivity contribution in [3.63, 3.8) is 0 Å². The lowest BCUT2D eigenvalue weighted by Gasteiger charge is -2.27. The highest BCUT2D eigenvalue weighted by Gasteiger charge is 2.30. The van der Waals surface area contributed by atoms with Gasteiger partial charge < -0.3 is 15.3 Å². The van der Waals surface area contributed by atoms with Gasteiger partial charge in [-0.05, 0) is 43.5 Å². The lowest BCUT2D eigenvalue weighted by Crippen LogP contribution is -2.43. The smallest absolute Gasteiger partial charge is 0.308 e. The minimum absolute atomic E-state index is 0.112. The van der Waals surface area contributed by atoms with Crippen LogP contribution in [0.15, 0.2) is 24.3 Å². The zero-order chi connectivity index (χ0) is 18.5. The molecule has 0 spiro atoms. The molecule has 1 aromatic carbocycles. The molecule has 2 aliphatic rings. The molecule has 1 aliphatic heterocycles. The SMILES string of the molecule is O=C(NC1CCCCCCC1C(=O)O)c1ccc(N2CCCC2=O)cc1. The highest BCUT2D eigenvalue weighted by atomic mass is 16.4. The van der Waals surface area contributed by atoms with Gasteiger partial charge in [0.25, 0.3) is 5.91 Å². The average molecular weight is 358 g/mol. The average Bonchev–Trinajstić information content (AvgIpc) is 3.03. The van der Waals surface area contributed by atoms with Crippen molar-refractivity contribution < 1.29 is 19.5 Å². The van der Waals surface area contributed by atoms with Gasteiger partial charge in [0.05, 0.1) is 5.92 Å². The molecule has 0 bridgehead atoms. The zero-order valence-electron chi connectivity index (χ0n) is 14.9. The van der Waals surface area contributed by atoms with Crippen LogP contribution in [0.1, 0.15) is 61.7 Å². The number of hydrogen-bond acceptors (Lipinski definition) is 3. The molecule has 0 aromatic heterocycles. The third-order valence-corrected chi connectivity index (χ3v) is 5.41. The number of carbonyl (C=O) groups is 3. The zero-order valence-corrected chi connectivity index (χ0v) is 14.9. The number of carboxylic acids is 1. The predicted molar refractivity (Wildman–Crippen MR) is 98.1 cm³/mol. The third-order valence-electron chi connectivity index (χ3n) is 5.41. The molecule has 2 unspecified atom stereocenters. The Hall–Kier alpha value is -2.37. The molecule has 1 saturated carbocycles. The fourth-order valence-corrected chi connectivity index (χ4v) is 3.92. The second kappa shape index (κ2) is 8.34. The number of aliphatic carboxylic acids is 1. The predicted octanol–water partition coefficient (Wildman–Crippen LogP) is 2.97. The van der Waals surface area contributed by atoms with E-state index in [4.69, 9.17) is 0 Å². The normalized spacial score (nSPS) is 24.0. The molecule has 0 radical (unpaired) electrons.